The minimum atomic E-state index is -0.716. The van der Waals surface area contributed by atoms with Gasteiger partial charge in [-0.15, -0.1) is 0 Å². The molecule has 0 aliphatic carbocycles. The molecule has 1 saturated heterocycles. The van der Waals surface area contributed by atoms with E-state index in [2.05, 4.69) is 10.2 Å². The lowest BCUT2D eigenvalue weighted by molar-refractivity contribution is -0.125. The number of aliphatic hydroxyl groups is 1. The van der Waals surface area contributed by atoms with E-state index in [1.54, 1.807) is 27.0 Å². The number of amides is 1. The summed E-state index contributed by atoms with van der Waals surface area (Å²) < 4.78 is 13.7. The number of rotatable bonds is 3. The highest BCUT2D eigenvalue weighted by atomic mass is 19.1. The third-order valence-corrected chi connectivity index (χ3v) is 4.21. The van der Waals surface area contributed by atoms with Gasteiger partial charge in [-0.25, -0.2) is 4.39 Å². The predicted octanol–water partition coefficient (Wildman–Crippen LogP) is 2.15. The molecule has 1 heterocycles. The first kappa shape index (κ1) is 15.8. The second kappa shape index (κ2) is 6.43. The smallest absolute Gasteiger partial charge is 0.222 e. The van der Waals surface area contributed by atoms with Crippen molar-refractivity contribution in [1.29, 1.82) is 0 Å². The van der Waals surface area contributed by atoms with Gasteiger partial charge in [0, 0.05) is 37.3 Å². The molecular weight excluding hydrogens is 271 g/mol. The highest BCUT2D eigenvalue weighted by Gasteiger charge is 2.26. The number of aryl methyl sites for hydroxylation is 1. The van der Waals surface area contributed by atoms with Crippen LogP contribution in [0.1, 0.15) is 37.0 Å². The fraction of sp³-hybridized carbons (Fsp3) is 0.562. The van der Waals surface area contributed by atoms with Crippen LogP contribution < -0.4 is 10.2 Å². The van der Waals surface area contributed by atoms with Crippen molar-refractivity contribution in [2.45, 2.75) is 32.8 Å². The molecule has 1 atom stereocenters. The molecule has 1 amide bonds. The first-order chi connectivity index (χ1) is 9.93. The van der Waals surface area contributed by atoms with Crippen molar-refractivity contribution in [3.8, 4) is 0 Å². The molecule has 1 fully saturated rings. The summed E-state index contributed by atoms with van der Waals surface area (Å²) in [5.41, 5.74) is 2.05. The zero-order chi connectivity index (χ0) is 15.6. The summed E-state index contributed by atoms with van der Waals surface area (Å²) in [5, 5.41) is 12.6. The molecule has 21 heavy (non-hydrogen) atoms. The van der Waals surface area contributed by atoms with E-state index in [1.165, 1.54) is 6.07 Å². The zero-order valence-electron chi connectivity index (χ0n) is 12.8. The highest BCUT2D eigenvalue weighted by Crippen LogP contribution is 2.32. The van der Waals surface area contributed by atoms with E-state index in [4.69, 9.17) is 0 Å². The molecule has 5 heteroatoms. The second-order valence-electron chi connectivity index (χ2n) is 5.71. The van der Waals surface area contributed by atoms with E-state index in [1.807, 2.05) is 0 Å². The number of halogens is 1. The van der Waals surface area contributed by atoms with Gasteiger partial charge in [0.25, 0.3) is 0 Å². The van der Waals surface area contributed by atoms with Crippen LogP contribution in [0.2, 0.25) is 0 Å². The fourth-order valence-electron chi connectivity index (χ4n) is 2.88. The Morgan fingerprint density at radius 3 is 2.57 bits per heavy atom. The standard InChI is InChI=1S/C16H23FN2O2/c1-10-8-15(13(11(2)20)9-14(10)17)19-6-4-12(5-7-19)16(21)18-3/h8-9,11-12,20H,4-7H2,1-3H3,(H,18,21). The van der Waals surface area contributed by atoms with E-state index in [9.17, 15) is 14.3 Å². The van der Waals surface area contributed by atoms with E-state index >= 15 is 0 Å². The van der Waals surface area contributed by atoms with Crippen LogP contribution in [0.3, 0.4) is 0 Å². The van der Waals surface area contributed by atoms with Gasteiger partial charge in [0.05, 0.1) is 6.10 Å². The van der Waals surface area contributed by atoms with Crippen LogP contribution >= 0.6 is 0 Å². The molecule has 4 nitrogen and oxygen atoms in total. The first-order valence-electron chi connectivity index (χ1n) is 7.38. The Morgan fingerprint density at radius 1 is 1.43 bits per heavy atom. The monoisotopic (exact) mass is 294 g/mol. The zero-order valence-corrected chi connectivity index (χ0v) is 12.8. The topological polar surface area (TPSA) is 52.6 Å². The summed E-state index contributed by atoms with van der Waals surface area (Å²) in [5.74, 6) is -0.168. The summed E-state index contributed by atoms with van der Waals surface area (Å²) in [7, 11) is 1.66. The molecule has 1 unspecified atom stereocenters. The molecule has 1 aromatic carbocycles. The maximum atomic E-state index is 13.7. The van der Waals surface area contributed by atoms with Crippen LogP contribution in [0.5, 0.6) is 0 Å². The Kier molecular flexibility index (Phi) is 4.83. The van der Waals surface area contributed by atoms with Crippen LogP contribution in [0, 0.1) is 18.7 Å². The maximum Gasteiger partial charge on any atom is 0.222 e. The number of piperidine rings is 1. The number of nitrogens with one attached hydrogen (secondary N) is 1. The van der Waals surface area contributed by atoms with Gasteiger partial charge in [0.1, 0.15) is 5.82 Å². The van der Waals surface area contributed by atoms with E-state index in [0.29, 0.717) is 11.1 Å². The minimum absolute atomic E-state index is 0.0443. The summed E-state index contributed by atoms with van der Waals surface area (Å²) in [6.07, 6.45) is 0.830. The average Bonchev–Trinajstić information content (AvgIpc) is 2.48. The second-order valence-corrected chi connectivity index (χ2v) is 5.71. The Bertz CT molecular complexity index is 523. The van der Waals surface area contributed by atoms with Gasteiger partial charge in [-0.2, -0.15) is 0 Å². The number of carbonyl (C=O) groups excluding carboxylic acids is 1. The van der Waals surface area contributed by atoms with Crippen molar-refractivity contribution in [3.63, 3.8) is 0 Å². The number of carbonyl (C=O) groups is 1. The molecule has 1 aromatic rings. The summed E-state index contributed by atoms with van der Waals surface area (Å²) in [6.45, 7) is 4.85. The van der Waals surface area contributed by atoms with E-state index < -0.39 is 6.10 Å². The third kappa shape index (κ3) is 3.35. The van der Waals surface area contributed by atoms with Gasteiger partial charge in [-0.1, -0.05) is 0 Å². The van der Waals surface area contributed by atoms with Crippen molar-refractivity contribution in [3.05, 3.63) is 29.1 Å². The van der Waals surface area contributed by atoms with Crippen molar-refractivity contribution in [1.82, 2.24) is 5.32 Å². The van der Waals surface area contributed by atoms with Crippen LogP contribution in [-0.2, 0) is 4.79 Å². The fourth-order valence-corrected chi connectivity index (χ4v) is 2.88. The van der Waals surface area contributed by atoms with Gasteiger partial charge in [0.15, 0.2) is 0 Å². The Hall–Kier alpha value is -1.62. The lowest BCUT2D eigenvalue weighted by atomic mass is 9.94. The molecule has 2 N–H and O–H groups in total. The highest BCUT2D eigenvalue weighted by molar-refractivity contribution is 5.78. The molecule has 0 radical (unpaired) electrons. The maximum absolute atomic E-state index is 13.7. The van der Waals surface area contributed by atoms with Crippen molar-refractivity contribution in [2.24, 2.45) is 5.92 Å². The number of benzene rings is 1. The van der Waals surface area contributed by atoms with Gasteiger partial charge >= 0.3 is 0 Å². The molecule has 1 aliphatic rings. The minimum Gasteiger partial charge on any atom is -0.389 e. The van der Waals surface area contributed by atoms with E-state index in [-0.39, 0.29) is 17.6 Å². The number of hydrogen-bond donors (Lipinski definition) is 2. The van der Waals surface area contributed by atoms with Crippen LogP contribution in [-0.4, -0.2) is 31.2 Å². The molecule has 0 spiro atoms. The Labute approximate surface area is 125 Å². The molecule has 2 rings (SSSR count). The molecule has 116 valence electrons. The molecule has 1 aliphatic heterocycles. The molecule has 0 bridgehead atoms. The normalized spacial score (nSPS) is 17.7. The number of hydrogen-bond acceptors (Lipinski definition) is 3. The Morgan fingerprint density at radius 2 is 2.05 bits per heavy atom. The lowest BCUT2D eigenvalue weighted by Crippen LogP contribution is -2.40. The van der Waals surface area contributed by atoms with Gasteiger partial charge in [0.2, 0.25) is 5.91 Å². The van der Waals surface area contributed by atoms with Gasteiger partial charge < -0.3 is 15.3 Å². The number of aliphatic hydroxyl groups excluding tert-OH is 1. The Balaban J connectivity index is 2.20. The molecule has 0 aromatic heterocycles. The van der Waals surface area contributed by atoms with E-state index in [0.717, 1.165) is 31.6 Å². The summed E-state index contributed by atoms with van der Waals surface area (Å²) in [4.78, 5) is 13.8. The average molecular weight is 294 g/mol. The summed E-state index contributed by atoms with van der Waals surface area (Å²) >= 11 is 0. The van der Waals surface area contributed by atoms with Crippen molar-refractivity contribution >= 4 is 11.6 Å². The largest absolute Gasteiger partial charge is 0.389 e. The number of nitrogens with zero attached hydrogens (tertiary/aromatic N) is 1. The summed E-state index contributed by atoms with van der Waals surface area (Å²) in [6, 6.07) is 3.21. The first-order valence-corrected chi connectivity index (χ1v) is 7.38. The van der Waals surface area contributed by atoms with Crippen molar-refractivity contribution < 1.29 is 14.3 Å². The van der Waals surface area contributed by atoms with Crippen LogP contribution in [0.25, 0.3) is 0 Å². The van der Waals surface area contributed by atoms with Gasteiger partial charge in [-0.3, -0.25) is 4.79 Å². The third-order valence-electron chi connectivity index (χ3n) is 4.21. The lowest BCUT2D eigenvalue weighted by Gasteiger charge is -2.34. The number of anilines is 1. The SMILES string of the molecule is CNC(=O)C1CCN(c2cc(C)c(F)cc2C(C)O)CC1. The van der Waals surface area contributed by atoms with Gasteiger partial charge in [-0.05, 0) is 44.4 Å². The molecule has 0 saturated carbocycles. The van der Waals surface area contributed by atoms with Crippen LogP contribution in [0.4, 0.5) is 10.1 Å². The quantitative estimate of drug-likeness (QED) is 0.898. The predicted molar refractivity (Wildman–Crippen MR) is 80.8 cm³/mol. The van der Waals surface area contributed by atoms with Crippen molar-refractivity contribution in [2.75, 3.05) is 25.0 Å². The van der Waals surface area contributed by atoms with Crippen LogP contribution in [0.15, 0.2) is 12.1 Å². The molecular formula is C16H23FN2O2.